The van der Waals surface area contributed by atoms with Gasteiger partial charge in [0.15, 0.2) is 0 Å². The topological polar surface area (TPSA) is 89.5 Å². The van der Waals surface area contributed by atoms with E-state index >= 15 is 0 Å². The maximum Gasteiger partial charge on any atom is 0.490 e. The highest BCUT2D eigenvalue weighted by molar-refractivity contribution is 5.73. The van der Waals surface area contributed by atoms with E-state index in [9.17, 15) is 18.0 Å². The number of unbranched alkanes of at least 4 members (excludes halogenated alkanes) is 1. The van der Waals surface area contributed by atoms with E-state index in [0.717, 1.165) is 63.2 Å². The first-order valence-electron chi connectivity index (χ1n) is 10.5. The van der Waals surface area contributed by atoms with Crippen molar-refractivity contribution in [2.45, 2.75) is 38.9 Å². The summed E-state index contributed by atoms with van der Waals surface area (Å²) in [5.41, 5.74) is 3.08. The van der Waals surface area contributed by atoms with E-state index in [0.29, 0.717) is 5.82 Å². The standard InChI is InChI=1S/C20H28N4O.C2HF3O2/c1-3-4-5-18-14-19(25)22-20(21-18)17-8-6-16(7-9-17)15-24-12-10-23(2)11-13-24;3-2(4,5)1(6)7/h6-9,14H,3-5,10-13,15H2,1-2H3,(H,21,22,25);(H,6,7). The molecule has 1 saturated heterocycles. The second kappa shape index (κ2) is 11.8. The normalized spacial score (nSPS) is 15.2. The van der Waals surface area contributed by atoms with Crippen molar-refractivity contribution in [1.29, 1.82) is 0 Å². The van der Waals surface area contributed by atoms with Gasteiger partial charge in [-0.25, -0.2) is 9.78 Å². The molecule has 2 aromatic rings. The molecular weight excluding hydrogens is 425 g/mol. The Labute approximate surface area is 184 Å². The summed E-state index contributed by atoms with van der Waals surface area (Å²) in [5.74, 6) is -2.09. The summed E-state index contributed by atoms with van der Waals surface area (Å²) < 4.78 is 31.7. The van der Waals surface area contributed by atoms with Crippen LogP contribution >= 0.6 is 0 Å². The first-order valence-corrected chi connectivity index (χ1v) is 10.5. The Morgan fingerprint density at radius 3 is 2.28 bits per heavy atom. The molecule has 1 aliphatic rings. The SMILES string of the molecule is CCCCc1cc(=O)[nH]c(-c2ccc(CN3CCN(C)CC3)cc2)n1.O=C(O)C(F)(F)F. The fourth-order valence-electron chi connectivity index (χ4n) is 3.16. The zero-order chi connectivity index (χ0) is 23.7. The summed E-state index contributed by atoms with van der Waals surface area (Å²) >= 11 is 0. The maximum absolute atomic E-state index is 11.9. The fraction of sp³-hybridized carbons (Fsp3) is 0.500. The lowest BCUT2D eigenvalue weighted by Crippen LogP contribution is -2.43. The number of rotatable bonds is 6. The number of benzene rings is 1. The average Bonchev–Trinajstić information content (AvgIpc) is 2.74. The van der Waals surface area contributed by atoms with Gasteiger partial charge in [-0.1, -0.05) is 37.6 Å². The number of hydrogen-bond donors (Lipinski definition) is 2. The highest BCUT2D eigenvalue weighted by atomic mass is 19.4. The van der Waals surface area contributed by atoms with E-state index in [2.05, 4.69) is 58.0 Å². The Kier molecular flexibility index (Phi) is 9.40. The number of halogens is 3. The monoisotopic (exact) mass is 454 g/mol. The van der Waals surface area contributed by atoms with Gasteiger partial charge < -0.3 is 15.0 Å². The van der Waals surface area contributed by atoms with Gasteiger partial charge in [-0.3, -0.25) is 9.69 Å². The van der Waals surface area contributed by atoms with Gasteiger partial charge in [0.1, 0.15) is 5.82 Å². The molecular formula is C22H29F3N4O3. The molecule has 32 heavy (non-hydrogen) atoms. The first kappa shape index (κ1) is 25.5. The summed E-state index contributed by atoms with van der Waals surface area (Å²) in [4.78, 5) is 33.1. The average molecular weight is 454 g/mol. The summed E-state index contributed by atoms with van der Waals surface area (Å²) in [5, 5.41) is 7.12. The number of H-pyrrole nitrogens is 1. The van der Waals surface area contributed by atoms with Crippen LogP contribution in [-0.4, -0.2) is 70.2 Å². The molecule has 0 bridgehead atoms. The number of nitrogens with one attached hydrogen (secondary N) is 1. The van der Waals surface area contributed by atoms with Gasteiger partial charge in [0.25, 0.3) is 5.56 Å². The molecule has 0 amide bonds. The molecule has 0 saturated carbocycles. The van der Waals surface area contributed by atoms with Crippen molar-refractivity contribution in [3.63, 3.8) is 0 Å². The Balaban J connectivity index is 0.000000451. The molecule has 2 N–H and O–H groups in total. The van der Waals surface area contributed by atoms with E-state index in [1.54, 1.807) is 6.07 Å². The van der Waals surface area contributed by atoms with Crippen LogP contribution in [0.3, 0.4) is 0 Å². The molecule has 1 aliphatic heterocycles. The number of carbonyl (C=O) groups is 1. The predicted octanol–water partition coefficient (Wildman–Crippen LogP) is 3.16. The van der Waals surface area contributed by atoms with Crippen LogP contribution in [0.5, 0.6) is 0 Å². The summed E-state index contributed by atoms with van der Waals surface area (Å²) in [6.45, 7) is 7.63. The van der Waals surface area contributed by atoms with Crippen LogP contribution in [0.2, 0.25) is 0 Å². The second-order valence-electron chi connectivity index (χ2n) is 7.77. The van der Waals surface area contributed by atoms with Crippen LogP contribution in [0.4, 0.5) is 13.2 Å². The van der Waals surface area contributed by atoms with Gasteiger partial charge in [-0.15, -0.1) is 0 Å². The molecule has 0 unspecified atom stereocenters. The Bertz CT molecular complexity index is 921. The number of carboxylic acids is 1. The molecule has 0 radical (unpaired) electrons. The van der Waals surface area contributed by atoms with Crippen molar-refractivity contribution in [1.82, 2.24) is 19.8 Å². The van der Waals surface area contributed by atoms with Crippen molar-refractivity contribution in [3.05, 3.63) is 51.9 Å². The zero-order valence-corrected chi connectivity index (χ0v) is 18.3. The third-order valence-corrected chi connectivity index (χ3v) is 5.05. The van der Waals surface area contributed by atoms with Crippen molar-refractivity contribution in [3.8, 4) is 11.4 Å². The van der Waals surface area contributed by atoms with Gasteiger partial charge in [0, 0.05) is 50.0 Å². The van der Waals surface area contributed by atoms with E-state index in [4.69, 9.17) is 9.90 Å². The first-order chi connectivity index (χ1) is 15.1. The van der Waals surface area contributed by atoms with E-state index < -0.39 is 12.1 Å². The lowest BCUT2D eigenvalue weighted by Gasteiger charge is -2.32. The molecule has 10 heteroatoms. The number of hydrogen-bond acceptors (Lipinski definition) is 5. The second-order valence-corrected chi connectivity index (χ2v) is 7.77. The minimum Gasteiger partial charge on any atom is -0.475 e. The minimum atomic E-state index is -5.08. The van der Waals surface area contributed by atoms with Crippen molar-refractivity contribution in [2.75, 3.05) is 33.2 Å². The molecule has 1 fully saturated rings. The number of aromatic nitrogens is 2. The zero-order valence-electron chi connectivity index (χ0n) is 18.3. The highest BCUT2D eigenvalue weighted by Crippen LogP contribution is 2.17. The minimum absolute atomic E-state index is 0.0717. The molecule has 0 atom stereocenters. The number of aryl methyl sites for hydroxylation is 1. The molecule has 1 aromatic carbocycles. The molecule has 176 valence electrons. The van der Waals surface area contributed by atoms with E-state index in [1.807, 2.05) is 0 Å². The van der Waals surface area contributed by atoms with E-state index in [1.165, 1.54) is 5.56 Å². The van der Waals surface area contributed by atoms with Crippen molar-refractivity contribution >= 4 is 5.97 Å². The number of nitrogens with zero attached hydrogens (tertiary/aromatic N) is 3. The summed E-state index contributed by atoms with van der Waals surface area (Å²) in [6.07, 6.45) is -2.07. The highest BCUT2D eigenvalue weighted by Gasteiger charge is 2.38. The molecule has 0 aliphatic carbocycles. The third kappa shape index (κ3) is 8.43. The number of aliphatic carboxylic acids is 1. The van der Waals surface area contributed by atoms with Crippen LogP contribution in [0, 0.1) is 0 Å². The van der Waals surface area contributed by atoms with Crippen LogP contribution in [0.25, 0.3) is 11.4 Å². The van der Waals surface area contributed by atoms with Gasteiger partial charge in [-0.05, 0) is 25.5 Å². The number of piperazine rings is 1. The van der Waals surface area contributed by atoms with Crippen LogP contribution < -0.4 is 5.56 Å². The smallest absolute Gasteiger partial charge is 0.475 e. The third-order valence-electron chi connectivity index (χ3n) is 5.05. The van der Waals surface area contributed by atoms with Gasteiger partial charge in [0.05, 0.1) is 0 Å². The summed E-state index contributed by atoms with van der Waals surface area (Å²) in [6, 6.07) is 10.0. The van der Waals surface area contributed by atoms with Crippen LogP contribution in [-0.2, 0) is 17.8 Å². The van der Waals surface area contributed by atoms with E-state index in [-0.39, 0.29) is 5.56 Å². The van der Waals surface area contributed by atoms with Crippen molar-refractivity contribution < 1.29 is 23.1 Å². The predicted molar refractivity (Wildman–Crippen MR) is 115 cm³/mol. The van der Waals surface area contributed by atoms with Crippen LogP contribution in [0.1, 0.15) is 31.0 Å². The fourth-order valence-corrected chi connectivity index (χ4v) is 3.16. The number of carboxylic acid groups (broad SMARTS) is 1. The Hall–Kier alpha value is -2.72. The van der Waals surface area contributed by atoms with Crippen molar-refractivity contribution in [2.24, 2.45) is 0 Å². The largest absolute Gasteiger partial charge is 0.490 e. The summed E-state index contributed by atoms with van der Waals surface area (Å²) in [7, 11) is 2.18. The molecule has 2 heterocycles. The van der Waals surface area contributed by atoms with Gasteiger partial charge in [-0.2, -0.15) is 13.2 Å². The number of likely N-dealkylation sites (N-methyl/N-ethyl adjacent to an activating group) is 1. The lowest BCUT2D eigenvalue weighted by molar-refractivity contribution is -0.192. The molecule has 7 nitrogen and oxygen atoms in total. The number of alkyl halides is 3. The molecule has 3 rings (SSSR count). The Morgan fingerprint density at radius 1 is 1.16 bits per heavy atom. The maximum atomic E-state index is 11.9. The quantitative estimate of drug-likeness (QED) is 0.697. The lowest BCUT2D eigenvalue weighted by atomic mass is 10.1. The number of aromatic amines is 1. The van der Waals surface area contributed by atoms with Gasteiger partial charge in [0.2, 0.25) is 0 Å². The van der Waals surface area contributed by atoms with Gasteiger partial charge >= 0.3 is 12.1 Å². The van der Waals surface area contributed by atoms with Crippen LogP contribution in [0.15, 0.2) is 35.1 Å². The Morgan fingerprint density at radius 2 is 1.75 bits per heavy atom. The molecule has 0 spiro atoms. The molecule has 1 aromatic heterocycles.